The van der Waals surface area contributed by atoms with Crippen molar-refractivity contribution in [2.24, 2.45) is 17.6 Å². The molecule has 0 bridgehead atoms. The van der Waals surface area contributed by atoms with Crippen LogP contribution >= 0.6 is 15.9 Å². The Hall–Kier alpha value is -1.14. The molecule has 21 heavy (non-hydrogen) atoms. The summed E-state index contributed by atoms with van der Waals surface area (Å²) in [7, 11) is 0. The quantitative estimate of drug-likeness (QED) is 0.841. The predicted octanol–water partition coefficient (Wildman–Crippen LogP) is 1.76. The Morgan fingerprint density at radius 3 is 3.00 bits per heavy atom. The number of rotatable bonds is 3. The number of nitrogens with two attached hydrogens (primary N) is 1. The Morgan fingerprint density at radius 1 is 1.48 bits per heavy atom. The summed E-state index contributed by atoms with van der Waals surface area (Å²) < 4.78 is 2.00. The number of hydrogen-bond acceptors (Lipinski definition) is 4. The number of halogens is 1. The van der Waals surface area contributed by atoms with Gasteiger partial charge in [0.25, 0.3) is 5.56 Å². The van der Waals surface area contributed by atoms with E-state index in [9.17, 15) is 4.79 Å². The van der Waals surface area contributed by atoms with Crippen molar-refractivity contribution in [3.05, 3.63) is 33.7 Å². The van der Waals surface area contributed by atoms with Crippen LogP contribution in [0.15, 0.2) is 28.1 Å². The van der Waals surface area contributed by atoms with Crippen LogP contribution in [0.3, 0.4) is 0 Å². The van der Waals surface area contributed by atoms with E-state index in [0.29, 0.717) is 28.9 Å². The van der Waals surface area contributed by atoms with Crippen molar-refractivity contribution in [3.8, 4) is 0 Å². The molecule has 2 N–H and O–H groups in total. The van der Waals surface area contributed by atoms with Crippen LogP contribution in [0.2, 0.25) is 0 Å². The highest BCUT2D eigenvalue weighted by molar-refractivity contribution is 9.10. The van der Waals surface area contributed by atoms with Crippen LogP contribution in [0.4, 0.5) is 5.69 Å². The zero-order valence-corrected chi connectivity index (χ0v) is 13.6. The normalized spacial score (nSPS) is 28.5. The van der Waals surface area contributed by atoms with Gasteiger partial charge in [0.05, 0.1) is 18.4 Å². The fraction of sp³-hybridized carbons (Fsp3) is 0.600. The van der Waals surface area contributed by atoms with Crippen molar-refractivity contribution in [1.82, 2.24) is 9.78 Å². The van der Waals surface area contributed by atoms with Crippen LogP contribution < -0.4 is 16.2 Å². The molecule has 0 radical (unpaired) electrons. The van der Waals surface area contributed by atoms with Gasteiger partial charge in [-0.2, -0.15) is 5.10 Å². The summed E-state index contributed by atoms with van der Waals surface area (Å²) in [5, 5.41) is 4.24. The SMILES string of the molecule is C=CCn1ncc(N2CC3CCCC(N)C3C2)c(Br)c1=O. The van der Waals surface area contributed by atoms with Crippen LogP contribution in [-0.2, 0) is 6.54 Å². The van der Waals surface area contributed by atoms with Crippen LogP contribution in [0.5, 0.6) is 0 Å². The second kappa shape index (κ2) is 5.93. The molecule has 1 aliphatic heterocycles. The lowest BCUT2D eigenvalue weighted by atomic mass is 9.78. The molecule has 3 rings (SSSR count). The second-order valence-electron chi connectivity index (χ2n) is 6.04. The molecule has 1 aromatic heterocycles. The molecule has 0 aromatic carbocycles. The number of allylic oxidation sites excluding steroid dienone is 1. The van der Waals surface area contributed by atoms with Crippen molar-refractivity contribution < 1.29 is 0 Å². The first-order chi connectivity index (χ1) is 10.1. The minimum atomic E-state index is -0.105. The maximum atomic E-state index is 12.3. The van der Waals surface area contributed by atoms with Gasteiger partial charge in [-0.1, -0.05) is 12.5 Å². The summed E-state index contributed by atoms with van der Waals surface area (Å²) in [6, 6.07) is 0.293. The topological polar surface area (TPSA) is 64.2 Å². The van der Waals surface area contributed by atoms with E-state index in [4.69, 9.17) is 5.73 Å². The van der Waals surface area contributed by atoms with E-state index in [0.717, 1.165) is 25.2 Å². The van der Waals surface area contributed by atoms with Crippen molar-refractivity contribution in [1.29, 1.82) is 0 Å². The highest BCUT2D eigenvalue weighted by Gasteiger charge is 2.39. The largest absolute Gasteiger partial charge is 0.369 e. The maximum Gasteiger partial charge on any atom is 0.283 e. The smallest absolute Gasteiger partial charge is 0.283 e. The average Bonchev–Trinajstić information content (AvgIpc) is 2.89. The summed E-state index contributed by atoms with van der Waals surface area (Å²) in [6.45, 7) is 5.97. The van der Waals surface area contributed by atoms with Gasteiger partial charge in [0.1, 0.15) is 4.47 Å². The third kappa shape index (κ3) is 2.66. The standard InChI is InChI=1S/C15H21BrN4O/c1-2-6-20-15(21)14(16)13(7-18-20)19-8-10-4-3-5-12(17)11(10)9-19/h2,7,10-12H,1,3-6,8-9,17H2. The summed E-state index contributed by atoms with van der Waals surface area (Å²) in [5.41, 5.74) is 7.05. The Kier molecular flexibility index (Phi) is 4.17. The van der Waals surface area contributed by atoms with E-state index >= 15 is 0 Å². The van der Waals surface area contributed by atoms with Crippen LogP contribution in [0, 0.1) is 11.8 Å². The fourth-order valence-corrected chi connectivity index (χ4v) is 4.20. The molecule has 2 fully saturated rings. The van der Waals surface area contributed by atoms with Gasteiger partial charge in [-0.25, -0.2) is 4.68 Å². The summed E-state index contributed by atoms with van der Waals surface area (Å²) in [6.07, 6.45) is 7.03. The van der Waals surface area contributed by atoms with Crippen molar-refractivity contribution in [3.63, 3.8) is 0 Å². The molecule has 2 heterocycles. The fourth-order valence-electron chi connectivity index (χ4n) is 3.64. The molecule has 1 aliphatic carbocycles. The maximum absolute atomic E-state index is 12.3. The molecule has 3 unspecified atom stereocenters. The summed E-state index contributed by atoms with van der Waals surface area (Å²) in [5.74, 6) is 1.19. The average molecular weight is 353 g/mol. The van der Waals surface area contributed by atoms with Gasteiger partial charge >= 0.3 is 0 Å². The number of hydrogen-bond donors (Lipinski definition) is 1. The summed E-state index contributed by atoms with van der Waals surface area (Å²) in [4.78, 5) is 14.5. The van der Waals surface area contributed by atoms with Crippen molar-refractivity contribution in [2.75, 3.05) is 18.0 Å². The van der Waals surface area contributed by atoms with E-state index in [1.54, 1.807) is 12.3 Å². The Labute approximate surface area is 132 Å². The van der Waals surface area contributed by atoms with E-state index in [2.05, 4.69) is 32.5 Å². The van der Waals surface area contributed by atoms with E-state index in [-0.39, 0.29) is 5.56 Å². The first-order valence-electron chi connectivity index (χ1n) is 7.49. The minimum absolute atomic E-state index is 0.105. The lowest BCUT2D eigenvalue weighted by molar-refractivity contribution is 0.260. The zero-order valence-electron chi connectivity index (χ0n) is 12.0. The van der Waals surface area contributed by atoms with Gasteiger partial charge in [0.15, 0.2) is 0 Å². The third-order valence-corrected chi connectivity index (χ3v) is 5.51. The van der Waals surface area contributed by atoms with E-state index < -0.39 is 0 Å². The van der Waals surface area contributed by atoms with Crippen LogP contribution in [-0.4, -0.2) is 28.9 Å². The molecule has 0 spiro atoms. The van der Waals surface area contributed by atoms with Gasteiger partial charge in [-0.05, 0) is 40.6 Å². The molecule has 1 saturated heterocycles. The molecule has 2 aliphatic rings. The van der Waals surface area contributed by atoms with E-state index in [1.807, 2.05) is 0 Å². The first-order valence-corrected chi connectivity index (χ1v) is 8.28. The second-order valence-corrected chi connectivity index (χ2v) is 6.84. The molecule has 5 nitrogen and oxygen atoms in total. The Bertz CT molecular complexity index is 600. The molecule has 6 heteroatoms. The van der Waals surface area contributed by atoms with Crippen molar-refractivity contribution in [2.45, 2.75) is 31.8 Å². The van der Waals surface area contributed by atoms with Crippen LogP contribution in [0.25, 0.3) is 0 Å². The Morgan fingerprint density at radius 2 is 2.29 bits per heavy atom. The van der Waals surface area contributed by atoms with Crippen LogP contribution in [0.1, 0.15) is 19.3 Å². The van der Waals surface area contributed by atoms with Gasteiger partial charge < -0.3 is 10.6 Å². The Balaban J connectivity index is 1.87. The van der Waals surface area contributed by atoms with Gasteiger partial charge in [-0.3, -0.25) is 4.79 Å². The molecular weight excluding hydrogens is 332 g/mol. The first kappa shape index (κ1) is 14.8. The lowest BCUT2D eigenvalue weighted by Crippen LogP contribution is -2.38. The monoisotopic (exact) mass is 352 g/mol. The van der Waals surface area contributed by atoms with Gasteiger partial charge in [0, 0.05) is 19.1 Å². The number of fused-ring (bicyclic) bond motifs is 1. The lowest BCUT2D eigenvalue weighted by Gasteiger charge is -2.29. The number of nitrogens with zero attached hydrogens (tertiary/aromatic N) is 3. The molecule has 1 saturated carbocycles. The molecule has 0 amide bonds. The molecule has 114 valence electrons. The molecular formula is C15H21BrN4O. The van der Waals surface area contributed by atoms with E-state index in [1.165, 1.54) is 17.5 Å². The highest BCUT2D eigenvalue weighted by atomic mass is 79.9. The molecule has 3 atom stereocenters. The zero-order chi connectivity index (χ0) is 15.0. The highest BCUT2D eigenvalue weighted by Crippen LogP contribution is 2.38. The number of aromatic nitrogens is 2. The summed E-state index contributed by atoms with van der Waals surface area (Å²) >= 11 is 3.44. The van der Waals surface area contributed by atoms with Gasteiger partial charge in [-0.15, -0.1) is 6.58 Å². The third-order valence-electron chi connectivity index (χ3n) is 4.76. The molecule has 1 aromatic rings. The van der Waals surface area contributed by atoms with Crippen molar-refractivity contribution >= 4 is 21.6 Å². The number of anilines is 1. The van der Waals surface area contributed by atoms with Gasteiger partial charge in [0.2, 0.25) is 0 Å². The predicted molar refractivity (Wildman–Crippen MR) is 87.4 cm³/mol. The minimum Gasteiger partial charge on any atom is -0.369 e.